The van der Waals surface area contributed by atoms with Gasteiger partial charge in [0.2, 0.25) is 0 Å². The van der Waals surface area contributed by atoms with Crippen molar-refractivity contribution in [2.45, 2.75) is 0 Å². The number of ether oxygens (including phenoxy) is 1. The van der Waals surface area contributed by atoms with E-state index in [1.807, 2.05) is 0 Å². The summed E-state index contributed by atoms with van der Waals surface area (Å²) in [6.07, 6.45) is 0.860. The topological polar surface area (TPSA) is 42.4 Å². The van der Waals surface area contributed by atoms with E-state index >= 15 is 0 Å². The van der Waals surface area contributed by atoms with E-state index in [0.717, 1.165) is 6.20 Å². The van der Waals surface area contributed by atoms with Crippen LogP contribution in [0.2, 0.25) is 0 Å². The van der Waals surface area contributed by atoms with Crippen LogP contribution < -0.4 is 4.74 Å². The number of phenolic OH excluding ortho intramolecular Hbond substituents is 1. The van der Waals surface area contributed by atoms with Crippen LogP contribution >= 0.6 is 0 Å². The first-order valence-corrected chi connectivity index (χ1v) is 4.43. The predicted octanol–water partition coefficient (Wildman–Crippen LogP) is 2.86. The first-order valence-electron chi connectivity index (χ1n) is 4.43. The third-order valence-corrected chi connectivity index (χ3v) is 1.83. The Balaban J connectivity index is 2.23. The van der Waals surface area contributed by atoms with Gasteiger partial charge in [-0.25, -0.2) is 13.8 Å². The van der Waals surface area contributed by atoms with Crippen LogP contribution in [0.25, 0.3) is 0 Å². The average molecular weight is 223 g/mol. The second-order valence-electron chi connectivity index (χ2n) is 3.04. The zero-order valence-electron chi connectivity index (χ0n) is 8.02. The Morgan fingerprint density at radius 3 is 2.44 bits per heavy atom. The van der Waals surface area contributed by atoms with Crippen LogP contribution in [0.5, 0.6) is 17.4 Å². The van der Waals surface area contributed by atoms with Crippen molar-refractivity contribution < 1.29 is 18.6 Å². The number of phenols is 1. The second-order valence-corrected chi connectivity index (χ2v) is 3.04. The summed E-state index contributed by atoms with van der Waals surface area (Å²) in [5.74, 6) is -1.59. The summed E-state index contributed by atoms with van der Waals surface area (Å²) in [4.78, 5) is 3.46. The lowest BCUT2D eigenvalue weighted by Crippen LogP contribution is -1.92. The van der Waals surface area contributed by atoms with Gasteiger partial charge in [-0.15, -0.1) is 0 Å². The van der Waals surface area contributed by atoms with Gasteiger partial charge in [-0.05, 0) is 24.3 Å². The van der Waals surface area contributed by atoms with E-state index in [1.54, 1.807) is 0 Å². The van der Waals surface area contributed by atoms with Gasteiger partial charge >= 0.3 is 0 Å². The summed E-state index contributed by atoms with van der Waals surface area (Å²) in [5.41, 5.74) is 0. The van der Waals surface area contributed by atoms with Gasteiger partial charge in [-0.2, -0.15) is 0 Å². The van der Waals surface area contributed by atoms with Gasteiger partial charge < -0.3 is 9.84 Å². The highest BCUT2D eigenvalue weighted by atomic mass is 19.1. The summed E-state index contributed by atoms with van der Waals surface area (Å²) < 4.78 is 30.7. The molecule has 0 bridgehead atoms. The van der Waals surface area contributed by atoms with Crippen LogP contribution in [0.3, 0.4) is 0 Å². The third kappa shape index (κ3) is 2.25. The van der Waals surface area contributed by atoms with Crippen LogP contribution in [0.1, 0.15) is 0 Å². The van der Waals surface area contributed by atoms with Crippen molar-refractivity contribution in [2.24, 2.45) is 0 Å². The molecule has 1 aromatic carbocycles. The van der Waals surface area contributed by atoms with Crippen LogP contribution in [0.4, 0.5) is 8.78 Å². The predicted molar refractivity (Wildman–Crippen MR) is 52.3 cm³/mol. The summed E-state index contributed by atoms with van der Waals surface area (Å²) in [6, 6.07) is 6.34. The van der Waals surface area contributed by atoms with E-state index in [1.165, 1.54) is 24.3 Å². The Morgan fingerprint density at radius 1 is 1.12 bits per heavy atom. The minimum absolute atomic E-state index is 0.0693. The summed E-state index contributed by atoms with van der Waals surface area (Å²) in [7, 11) is 0. The minimum atomic E-state index is -0.881. The fraction of sp³-hybridized carbons (Fsp3) is 0. The van der Waals surface area contributed by atoms with Crippen LogP contribution in [-0.4, -0.2) is 10.1 Å². The molecule has 1 N–H and O–H groups in total. The quantitative estimate of drug-likeness (QED) is 0.851. The molecule has 0 aliphatic carbocycles. The lowest BCUT2D eigenvalue weighted by molar-refractivity contribution is 0.415. The second kappa shape index (κ2) is 4.14. The van der Waals surface area contributed by atoms with Gasteiger partial charge in [-0.1, -0.05) is 0 Å². The Hall–Kier alpha value is -2.17. The first kappa shape index (κ1) is 10.4. The molecular formula is C11H7F2NO2. The third-order valence-electron chi connectivity index (χ3n) is 1.83. The molecule has 0 saturated carbocycles. The molecule has 0 saturated heterocycles. The lowest BCUT2D eigenvalue weighted by Gasteiger charge is -2.05. The van der Waals surface area contributed by atoms with Crippen LogP contribution in [-0.2, 0) is 0 Å². The zero-order chi connectivity index (χ0) is 11.5. The Labute approximate surface area is 89.9 Å². The monoisotopic (exact) mass is 223 g/mol. The fourth-order valence-corrected chi connectivity index (χ4v) is 1.10. The highest BCUT2D eigenvalue weighted by molar-refractivity contribution is 5.32. The highest BCUT2D eigenvalue weighted by Gasteiger charge is 2.07. The molecule has 0 aliphatic rings. The molecule has 0 aliphatic heterocycles. The molecule has 0 atom stereocenters. The average Bonchev–Trinajstić information content (AvgIpc) is 2.25. The Kier molecular flexibility index (Phi) is 2.68. The van der Waals surface area contributed by atoms with E-state index in [0.29, 0.717) is 11.8 Å². The van der Waals surface area contributed by atoms with Crippen molar-refractivity contribution in [1.29, 1.82) is 0 Å². The van der Waals surface area contributed by atoms with Gasteiger partial charge in [0.05, 0.1) is 6.20 Å². The normalized spacial score (nSPS) is 10.1. The Bertz CT molecular complexity index is 500. The van der Waals surface area contributed by atoms with Crippen molar-refractivity contribution in [3.8, 4) is 17.4 Å². The molecule has 0 unspecified atom stereocenters. The molecule has 1 aromatic heterocycles. The Morgan fingerprint density at radius 2 is 1.81 bits per heavy atom. The standard InChI is InChI=1S/C11H7F2NO2/c12-7-5-10(13)11(14-6-7)16-9-3-1-8(15)2-4-9/h1-6,15H. The van der Waals surface area contributed by atoms with Gasteiger partial charge in [-0.3, -0.25) is 0 Å². The molecule has 16 heavy (non-hydrogen) atoms. The number of benzene rings is 1. The van der Waals surface area contributed by atoms with E-state index in [-0.39, 0.29) is 11.6 Å². The van der Waals surface area contributed by atoms with E-state index in [4.69, 9.17) is 9.84 Å². The van der Waals surface area contributed by atoms with E-state index in [2.05, 4.69) is 4.98 Å². The van der Waals surface area contributed by atoms with E-state index < -0.39 is 11.6 Å². The molecule has 3 nitrogen and oxygen atoms in total. The van der Waals surface area contributed by atoms with Crippen molar-refractivity contribution in [2.75, 3.05) is 0 Å². The SMILES string of the molecule is Oc1ccc(Oc2ncc(F)cc2F)cc1. The summed E-state index contributed by atoms with van der Waals surface area (Å²) in [6.45, 7) is 0. The molecular weight excluding hydrogens is 216 g/mol. The summed E-state index contributed by atoms with van der Waals surface area (Å²) in [5, 5.41) is 9.02. The van der Waals surface area contributed by atoms with Crippen LogP contribution in [0.15, 0.2) is 36.5 Å². The van der Waals surface area contributed by atoms with E-state index in [9.17, 15) is 8.78 Å². The van der Waals surface area contributed by atoms with Crippen molar-refractivity contribution in [3.63, 3.8) is 0 Å². The minimum Gasteiger partial charge on any atom is -0.508 e. The van der Waals surface area contributed by atoms with Crippen LogP contribution in [0, 0.1) is 11.6 Å². The molecule has 82 valence electrons. The smallest absolute Gasteiger partial charge is 0.256 e. The number of halogens is 2. The van der Waals surface area contributed by atoms with Gasteiger partial charge in [0.25, 0.3) is 5.88 Å². The number of rotatable bonds is 2. The van der Waals surface area contributed by atoms with Crippen molar-refractivity contribution in [1.82, 2.24) is 4.98 Å². The van der Waals surface area contributed by atoms with Crippen molar-refractivity contribution >= 4 is 0 Å². The maximum atomic E-state index is 13.1. The molecule has 2 rings (SSSR count). The maximum Gasteiger partial charge on any atom is 0.256 e. The molecule has 0 amide bonds. The molecule has 1 heterocycles. The summed E-state index contributed by atoms with van der Waals surface area (Å²) >= 11 is 0. The van der Waals surface area contributed by atoms with Gasteiger partial charge in [0, 0.05) is 6.07 Å². The number of nitrogens with zero attached hydrogens (tertiary/aromatic N) is 1. The first-order chi connectivity index (χ1) is 7.65. The van der Waals surface area contributed by atoms with Gasteiger partial charge in [0.15, 0.2) is 5.82 Å². The largest absolute Gasteiger partial charge is 0.508 e. The fourth-order valence-electron chi connectivity index (χ4n) is 1.10. The number of aromatic nitrogens is 1. The molecule has 0 radical (unpaired) electrons. The zero-order valence-corrected chi connectivity index (χ0v) is 8.02. The number of hydrogen-bond acceptors (Lipinski definition) is 3. The maximum absolute atomic E-state index is 13.1. The lowest BCUT2D eigenvalue weighted by atomic mass is 10.3. The number of pyridine rings is 1. The molecule has 5 heteroatoms. The molecule has 2 aromatic rings. The van der Waals surface area contributed by atoms with Gasteiger partial charge in [0.1, 0.15) is 17.3 Å². The van der Waals surface area contributed by atoms with Crippen molar-refractivity contribution in [3.05, 3.63) is 48.2 Å². The molecule has 0 fully saturated rings. The number of aromatic hydroxyl groups is 1. The number of hydrogen-bond donors (Lipinski definition) is 1. The highest BCUT2D eigenvalue weighted by Crippen LogP contribution is 2.23. The molecule has 0 spiro atoms.